The fourth-order valence-corrected chi connectivity index (χ4v) is 2.10. The number of hydrogen-bond donors (Lipinski definition) is 1. The maximum Gasteiger partial charge on any atom is 0.354 e. The average Bonchev–Trinajstić information content (AvgIpc) is 3.08. The summed E-state index contributed by atoms with van der Waals surface area (Å²) in [4.78, 5) is 19.8. The normalized spacial score (nSPS) is 15.4. The van der Waals surface area contributed by atoms with Gasteiger partial charge in [0, 0.05) is 12.4 Å². The lowest BCUT2D eigenvalue weighted by Gasteiger charge is -2.01. The molecule has 0 amide bonds. The third-order valence-electron chi connectivity index (χ3n) is 3.16. The number of fused-ring (bicyclic) bond motifs is 1. The van der Waals surface area contributed by atoms with E-state index in [1.807, 2.05) is 19.3 Å². The molecule has 0 radical (unpaired) electrons. The number of aryl methyl sites for hydroxylation is 1. The highest BCUT2D eigenvalue weighted by molar-refractivity contribution is 5.88. The number of aromatic nitrogens is 3. The first-order valence-electron chi connectivity index (χ1n) is 5.81. The number of imidazole rings is 1. The molecule has 2 aromatic rings. The van der Waals surface area contributed by atoms with Crippen LogP contribution in [-0.4, -0.2) is 25.4 Å². The van der Waals surface area contributed by atoms with Crippen molar-refractivity contribution < 1.29 is 9.90 Å². The molecule has 1 fully saturated rings. The molecule has 0 unspecified atom stereocenters. The van der Waals surface area contributed by atoms with Crippen molar-refractivity contribution >= 4 is 11.7 Å². The Morgan fingerprint density at radius 3 is 2.94 bits per heavy atom. The van der Waals surface area contributed by atoms with Crippen LogP contribution in [0.15, 0.2) is 12.4 Å². The molecule has 1 N–H and O–H groups in total. The molecule has 0 aliphatic heterocycles. The average molecular weight is 231 g/mol. The van der Waals surface area contributed by atoms with Crippen LogP contribution in [0.3, 0.4) is 0 Å². The molecule has 3 rings (SSSR count). The lowest BCUT2D eigenvalue weighted by molar-refractivity contribution is 0.0688. The first-order valence-corrected chi connectivity index (χ1v) is 5.81. The molecule has 0 spiro atoms. The zero-order valence-corrected chi connectivity index (χ0v) is 9.55. The van der Waals surface area contributed by atoms with Crippen molar-refractivity contribution in [1.29, 1.82) is 0 Å². The summed E-state index contributed by atoms with van der Waals surface area (Å²) < 4.78 is 1.61. The van der Waals surface area contributed by atoms with Gasteiger partial charge >= 0.3 is 5.97 Å². The van der Waals surface area contributed by atoms with Crippen LogP contribution in [0.2, 0.25) is 0 Å². The van der Waals surface area contributed by atoms with Gasteiger partial charge in [-0.3, -0.25) is 4.40 Å². The molecule has 17 heavy (non-hydrogen) atoms. The number of nitrogens with zero attached hydrogens (tertiary/aromatic N) is 3. The zero-order chi connectivity index (χ0) is 12.0. The lowest BCUT2D eigenvalue weighted by atomic mass is 10.2. The van der Waals surface area contributed by atoms with E-state index in [1.54, 1.807) is 4.40 Å². The monoisotopic (exact) mass is 231 g/mol. The molecular formula is C12H13N3O2. The largest absolute Gasteiger partial charge is 0.477 e. The standard InChI is InChI=1S/C12H13N3O2/c1-2-9-10(11(16)17)15-6-8(7-3-4-7)5-13-12(15)14-9/h5-7H,2-4H2,1H3,(H,16,17). The Bertz CT molecular complexity index is 599. The van der Waals surface area contributed by atoms with Gasteiger partial charge in [-0.25, -0.2) is 14.8 Å². The summed E-state index contributed by atoms with van der Waals surface area (Å²) in [7, 11) is 0. The van der Waals surface area contributed by atoms with Gasteiger partial charge in [0.2, 0.25) is 5.78 Å². The van der Waals surface area contributed by atoms with Crippen molar-refractivity contribution in [2.75, 3.05) is 0 Å². The van der Waals surface area contributed by atoms with Crippen LogP contribution in [0.25, 0.3) is 5.78 Å². The van der Waals surface area contributed by atoms with Gasteiger partial charge in [0.25, 0.3) is 0 Å². The molecule has 1 saturated carbocycles. The minimum atomic E-state index is -0.941. The number of carboxylic acids is 1. The van der Waals surface area contributed by atoms with Crippen molar-refractivity contribution in [3.63, 3.8) is 0 Å². The Labute approximate surface area is 98.1 Å². The zero-order valence-electron chi connectivity index (χ0n) is 9.55. The molecule has 5 nitrogen and oxygen atoms in total. The summed E-state index contributed by atoms with van der Waals surface area (Å²) in [5.74, 6) is 0.0915. The Kier molecular flexibility index (Phi) is 2.14. The molecule has 88 valence electrons. The number of carboxylic acid groups (broad SMARTS) is 1. The number of hydrogen-bond acceptors (Lipinski definition) is 3. The molecule has 0 aromatic carbocycles. The quantitative estimate of drug-likeness (QED) is 0.875. The van der Waals surface area contributed by atoms with Crippen LogP contribution in [0.4, 0.5) is 0 Å². The first-order chi connectivity index (χ1) is 8.20. The van der Waals surface area contributed by atoms with E-state index in [0.29, 0.717) is 23.8 Å². The lowest BCUT2D eigenvalue weighted by Crippen LogP contribution is -2.05. The van der Waals surface area contributed by atoms with Crippen LogP contribution in [0, 0.1) is 0 Å². The van der Waals surface area contributed by atoms with Crippen molar-refractivity contribution in [3.05, 3.63) is 29.3 Å². The van der Waals surface area contributed by atoms with Gasteiger partial charge in [0.1, 0.15) is 0 Å². The highest BCUT2D eigenvalue weighted by Crippen LogP contribution is 2.39. The summed E-state index contributed by atoms with van der Waals surface area (Å²) in [5, 5.41) is 9.24. The summed E-state index contributed by atoms with van der Waals surface area (Å²) in [6, 6.07) is 0. The van der Waals surface area contributed by atoms with E-state index in [-0.39, 0.29) is 5.69 Å². The van der Waals surface area contributed by atoms with Crippen molar-refractivity contribution in [2.45, 2.75) is 32.1 Å². The molecule has 0 bridgehead atoms. The van der Waals surface area contributed by atoms with E-state index in [9.17, 15) is 9.90 Å². The predicted octanol–water partition coefficient (Wildman–Crippen LogP) is 1.87. The summed E-state index contributed by atoms with van der Waals surface area (Å²) >= 11 is 0. The van der Waals surface area contributed by atoms with Gasteiger partial charge in [-0.05, 0) is 30.7 Å². The predicted molar refractivity (Wildman–Crippen MR) is 61.3 cm³/mol. The highest BCUT2D eigenvalue weighted by Gasteiger charge is 2.26. The number of carbonyl (C=O) groups is 1. The van der Waals surface area contributed by atoms with Gasteiger partial charge in [-0.1, -0.05) is 6.92 Å². The molecule has 0 saturated heterocycles. The Hall–Kier alpha value is -1.91. The second kappa shape index (κ2) is 3.55. The minimum Gasteiger partial charge on any atom is -0.477 e. The molecule has 1 aliphatic carbocycles. The van der Waals surface area contributed by atoms with Gasteiger partial charge in [0.05, 0.1) is 5.69 Å². The van der Waals surface area contributed by atoms with E-state index in [4.69, 9.17) is 0 Å². The Morgan fingerprint density at radius 1 is 1.59 bits per heavy atom. The molecule has 2 aromatic heterocycles. The summed E-state index contributed by atoms with van der Waals surface area (Å²) in [6.07, 6.45) is 6.63. The fraction of sp³-hybridized carbons (Fsp3) is 0.417. The third-order valence-corrected chi connectivity index (χ3v) is 3.16. The fourth-order valence-electron chi connectivity index (χ4n) is 2.10. The highest BCUT2D eigenvalue weighted by atomic mass is 16.4. The Morgan fingerprint density at radius 2 is 2.35 bits per heavy atom. The van der Waals surface area contributed by atoms with Crippen molar-refractivity contribution in [2.24, 2.45) is 0 Å². The Balaban J connectivity index is 2.24. The van der Waals surface area contributed by atoms with Crippen molar-refractivity contribution in [1.82, 2.24) is 14.4 Å². The van der Waals surface area contributed by atoms with E-state index < -0.39 is 5.97 Å². The summed E-state index contributed by atoms with van der Waals surface area (Å²) in [6.45, 7) is 1.90. The maximum atomic E-state index is 11.3. The minimum absolute atomic E-state index is 0.248. The van der Waals surface area contributed by atoms with Gasteiger partial charge in [-0.2, -0.15) is 0 Å². The van der Waals surface area contributed by atoms with E-state index >= 15 is 0 Å². The van der Waals surface area contributed by atoms with Gasteiger partial charge in [0.15, 0.2) is 5.69 Å². The van der Waals surface area contributed by atoms with E-state index in [1.165, 1.54) is 12.8 Å². The third kappa shape index (κ3) is 1.58. The second-order valence-corrected chi connectivity index (χ2v) is 4.40. The molecular weight excluding hydrogens is 218 g/mol. The molecule has 0 atom stereocenters. The van der Waals surface area contributed by atoms with Gasteiger partial charge < -0.3 is 5.11 Å². The first kappa shape index (κ1) is 10.3. The van der Waals surface area contributed by atoms with E-state index in [0.717, 1.165) is 5.56 Å². The van der Waals surface area contributed by atoms with Crippen LogP contribution in [-0.2, 0) is 6.42 Å². The molecule has 2 heterocycles. The van der Waals surface area contributed by atoms with E-state index in [2.05, 4.69) is 9.97 Å². The SMILES string of the molecule is CCc1nc2ncc(C3CC3)cn2c1C(=O)O. The maximum absolute atomic E-state index is 11.3. The number of rotatable bonds is 3. The van der Waals surface area contributed by atoms with Crippen LogP contribution >= 0.6 is 0 Å². The van der Waals surface area contributed by atoms with Crippen molar-refractivity contribution in [3.8, 4) is 0 Å². The topological polar surface area (TPSA) is 67.5 Å². The molecule has 5 heteroatoms. The number of aromatic carboxylic acids is 1. The summed E-state index contributed by atoms with van der Waals surface area (Å²) in [5.41, 5.74) is 1.95. The van der Waals surface area contributed by atoms with Crippen LogP contribution in [0.1, 0.15) is 47.4 Å². The van der Waals surface area contributed by atoms with Crippen LogP contribution in [0.5, 0.6) is 0 Å². The smallest absolute Gasteiger partial charge is 0.354 e. The second-order valence-electron chi connectivity index (χ2n) is 4.40. The molecule has 1 aliphatic rings. The van der Waals surface area contributed by atoms with Crippen LogP contribution < -0.4 is 0 Å². The van der Waals surface area contributed by atoms with Gasteiger partial charge in [-0.15, -0.1) is 0 Å².